The lowest BCUT2D eigenvalue weighted by molar-refractivity contribution is -0.119. The highest BCUT2D eigenvalue weighted by Gasteiger charge is 2.24. The molecule has 1 aromatic heterocycles. The van der Waals surface area contributed by atoms with Crippen LogP contribution < -0.4 is 4.90 Å². The molecule has 1 saturated heterocycles. The van der Waals surface area contributed by atoms with Crippen LogP contribution in [0.15, 0.2) is 18.3 Å². The molecule has 64 valence electrons. The van der Waals surface area contributed by atoms with E-state index in [9.17, 15) is 4.79 Å². The number of hydrogen-bond donors (Lipinski definition) is 0. The van der Waals surface area contributed by atoms with E-state index in [0.717, 1.165) is 0 Å². The lowest BCUT2D eigenvalue weighted by Gasteiger charge is -2.30. The average molecular weight is 173 g/mol. The molecule has 4 nitrogen and oxygen atoms in total. The molecular formula is C9H7N3O. The monoisotopic (exact) mass is 173 g/mol. The Balaban J connectivity index is 2.22. The first kappa shape index (κ1) is 7.74. The Bertz CT molecular complexity index is 386. The molecule has 2 heterocycles. The minimum absolute atomic E-state index is 0.218. The molecule has 0 amide bonds. The maximum absolute atomic E-state index is 10.7. The average Bonchev–Trinajstić information content (AvgIpc) is 2.13. The number of pyridine rings is 1. The molecule has 1 aromatic rings. The molecule has 2 rings (SSSR count). The zero-order valence-electron chi connectivity index (χ0n) is 6.90. The second kappa shape index (κ2) is 2.87. The van der Waals surface area contributed by atoms with Gasteiger partial charge in [0.1, 0.15) is 5.82 Å². The normalized spacial score (nSPS) is 15.0. The molecule has 0 bridgehead atoms. The summed E-state index contributed by atoms with van der Waals surface area (Å²) in [7, 11) is 0. The second-order valence-corrected chi connectivity index (χ2v) is 2.88. The summed E-state index contributed by atoms with van der Waals surface area (Å²) in [6.07, 6.45) is 1.59. The van der Waals surface area contributed by atoms with Gasteiger partial charge in [0.05, 0.1) is 19.7 Å². The van der Waals surface area contributed by atoms with E-state index in [4.69, 9.17) is 6.57 Å². The summed E-state index contributed by atoms with van der Waals surface area (Å²) in [5.41, 5.74) is 0.560. The molecule has 0 atom stereocenters. The van der Waals surface area contributed by atoms with Gasteiger partial charge >= 0.3 is 0 Å². The van der Waals surface area contributed by atoms with E-state index in [-0.39, 0.29) is 5.78 Å². The van der Waals surface area contributed by atoms with Crippen LogP contribution in [0.1, 0.15) is 0 Å². The third kappa shape index (κ3) is 1.36. The summed E-state index contributed by atoms with van der Waals surface area (Å²) in [6, 6.07) is 3.34. The fourth-order valence-corrected chi connectivity index (χ4v) is 1.19. The topological polar surface area (TPSA) is 37.6 Å². The fraction of sp³-hybridized carbons (Fsp3) is 0.222. The summed E-state index contributed by atoms with van der Waals surface area (Å²) in [4.78, 5) is 19.9. The molecule has 0 N–H and O–H groups in total. The quantitative estimate of drug-likeness (QED) is 0.595. The highest BCUT2D eigenvalue weighted by molar-refractivity contribution is 5.95. The lowest BCUT2D eigenvalue weighted by Crippen LogP contribution is -2.47. The zero-order valence-corrected chi connectivity index (χ0v) is 6.90. The summed E-state index contributed by atoms with van der Waals surface area (Å²) in [5, 5.41) is 0. The van der Waals surface area contributed by atoms with Crippen molar-refractivity contribution in [1.29, 1.82) is 0 Å². The lowest BCUT2D eigenvalue weighted by atomic mass is 10.2. The van der Waals surface area contributed by atoms with Crippen LogP contribution in [0.5, 0.6) is 0 Å². The number of carbonyl (C=O) groups excluding carboxylic acids is 1. The van der Waals surface area contributed by atoms with Gasteiger partial charge in [-0.1, -0.05) is 0 Å². The predicted octanol–water partition coefficient (Wildman–Crippen LogP) is 1.02. The minimum atomic E-state index is 0.218. The highest BCUT2D eigenvalue weighted by Crippen LogP contribution is 2.21. The highest BCUT2D eigenvalue weighted by atomic mass is 16.1. The van der Waals surface area contributed by atoms with Crippen LogP contribution >= 0.6 is 0 Å². The molecule has 1 fully saturated rings. The number of Topliss-reactive ketones (excluding diaryl/α,β-unsaturated/α-hetero) is 1. The number of carbonyl (C=O) groups is 1. The summed E-state index contributed by atoms with van der Waals surface area (Å²) in [5.74, 6) is 0.933. The van der Waals surface area contributed by atoms with E-state index in [0.29, 0.717) is 24.6 Å². The van der Waals surface area contributed by atoms with Gasteiger partial charge in [-0.05, 0) is 12.1 Å². The van der Waals surface area contributed by atoms with E-state index < -0.39 is 0 Å². The van der Waals surface area contributed by atoms with Gasteiger partial charge in [0.25, 0.3) is 0 Å². The van der Waals surface area contributed by atoms with Crippen molar-refractivity contribution in [3.05, 3.63) is 29.7 Å². The van der Waals surface area contributed by atoms with Crippen molar-refractivity contribution in [3.8, 4) is 0 Å². The Morgan fingerprint density at radius 3 is 2.92 bits per heavy atom. The van der Waals surface area contributed by atoms with Crippen molar-refractivity contribution >= 4 is 17.3 Å². The molecule has 1 aliphatic heterocycles. The van der Waals surface area contributed by atoms with Gasteiger partial charge in [-0.25, -0.2) is 9.83 Å². The van der Waals surface area contributed by atoms with Crippen molar-refractivity contribution < 1.29 is 4.79 Å². The number of hydrogen-bond acceptors (Lipinski definition) is 3. The van der Waals surface area contributed by atoms with E-state index >= 15 is 0 Å². The smallest absolute Gasteiger partial charge is 0.192 e. The second-order valence-electron chi connectivity index (χ2n) is 2.88. The van der Waals surface area contributed by atoms with E-state index in [1.165, 1.54) is 0 Å². The number of rotatable bonds is 1. The van der Waals surface area contributed by atoms with E-state index in [1.807, 2.05) is 4.90 Å². The van der Waals surface area contributed by atoms with Gasteiger partial charge in [0, 0.05) is 6.20 Å². The Morgan fingerprint density at radius 2 is 2.31 bits per heavy atom. The van der Waals surface area contributed by atoms with Crippen LogP contribution in [0.3, 0.4) is 0 Å². The van der Waals surface area contributed by atoms with Gasteiger partial charge in [-0.15, -0.1) is 0 Å². The maximum atomic E-state index is 10.7. The first-order valence-corrected chi connectivity index (χ1v) is 3.90. The zero-order chi connectivity index (χ0) is 9.26. The number of ketones is 1. The van der Waals surface area contributed by atoms with Crippen molar-refractivity contribution in [2.75, 3.05) is 18.0 Å². The molecule has 1 aliphatic rings. The molecular weight excluding hydrogens is 166 g/mol. The Morgan fingerprint density at radius 1 is 1.54 bits per heavy atom. The van der Waals surface area contributed by atoms with Gasteiger partial charge in [0.2, 0.25) is 0 Å². The molecule has 0 aliphatic carbocycles. The first-order valence-electron chi connectivity index (χ1n) is 3.90. The summed E-state index contributed by atoms with van der Waals surface area (Å²) in [6.45, 7) is 7.66. The van der Waals surface area contributed by atoms with Gasteiger partial charge in [-0.2, -0.15) is 0 Å². The molecule has 0 spiro atoms. The molecule has 13 heavy (non-hydrogen) atoms. The van der Waals surface area contributed by atoms with E-state index in [1.54, 1.807) is 18.3 Å². The predicted molar refractivity (Wildman–Crippen MR) is 47.7 cm³/mol. The number of nitrogens with zero attached hydrogens (tertiary/aromatic N) is 3. The summed E-state index contributed by atoms with van der Waals surface area (Å²) >= 11 is 0. The van der Waals surface area contributed by atoms with Crippen molar-refractivity contribution in [2.24, 2.45) is 0 Å². The Hall–Kier alpha value is -1.89. The van der Waals surface area contributed by atoms with Gasteiger partial charge in [0.15, 0.2) is 11.5 Å². The van der Waals surface area contributed by atoms with Crippen LogP contribution in [0.25, 0.3) is 4.85 Å². The van der Waals surface area contributed by atoms with Crippen molar-refractivity contribution in [3.63, 3.8) is 0 Å². The number of aromatic nitrogens is 1. The van der Waals surface area contributed by atoms with Gasteiger partial charge in [-0.3, -0.25) is 4.79 Å². The summed E-state index contributed by atoms with van der Waals surface area (Å²) < 4.78 is 0. The molecule has 0 unspecified atom stereocenters. The van der Waals surface area contributed by atoms with Crippen LogP contribution in [0, 0.1) is 6.57 Å². The maximum Gasteiger partial charge on any atom is 0.192 e. The third-order valence-corrected chi connectivity index (χ3v) is 1.92. The van der Waals surface area contributed by atoms with Crippen molar-refractivity contribution in [2.45, 2.75) is 0 Å². The van der Waals surface area contributed by atoms with Crippen LogP contribution in [0.4, 0.5) is 11.5 Å². The standard InChI is InChI=1S/C9H7N3O/c1-10-7-2-3-11-9(4-7)12-5-8(13)6-12/h2-4H,5-6H2. The largest absolute Gasteiger partial charge is 0.343 e. The Kier molecular flexibility index (Phi) is 1.71. The fourth-order valence-electron chi connectivity index (χ4n) is 1.19. The van der Waals surface area contributed by atoms with Gasteiger partial charge < -0.3 is 4.90 Å². The van der Waals surface area contributed by atoms with Crippen LogP contribution in [0.2, 0.25) is 0 Å². The molecule has 0 saturated carbocycles. The molecule has 0 radical (unpaired) electrons. The molecule has 0 aromatic carbocycles. The van der Waals surface area contributed by atoms with Crippen LogP contribution in [-0.4, -0.2) is 23.9 Å². The van der Waals surface area contributed by atoms with E-state index in [2.05, 4.69) is 9.83 Å². The molecule has 4 heteroatoms. The SMILES string of the molecule is [C-]#[N+]c1ccnc(N2CC(=O)C2)c1. The third-order valence-electron chi connectivity index (χ3n) is 1.92. The van der Waals surface area contributed by atoms with Crippen molar-refractivity contribution in [1.82, 2.24) is 4.98 Å². The number of anilines is 1. The van der Waals surface area contributed by atoms with Crippen LogP contribution in [-0.2, 0) is 4.79 Å². The first-order chi connectivity index (χ1) is 6.29. The minimum Gasteiger partial charge on any atom is -0.343 e. The Labute approximate surface area is 75.6 Å².